The summed E-state index contributed by atoms with van der Waals surface area (Å²) in [5, 5.41) is 2.87. The average molecular weight is 400 g/mol. The van der Waals surface area contributed by atoms with Crippen LogP contribution in [0.4, 0.5) is 10.6 Å². The number of hydrogen-bond donors (Lipinski definition) is 1. The molecular formula is C21H28N4O4. The standard InChI is InChI=1S/C21H28N4O4/c1-15-18(20(26)28-3)11-17(29-15)14-24(2)21(27)23-13-16-7-8-19(22-12-16)25-9-5-4-6-10-25/h7-8,11-12H,4-6,9-10,13-14H2,1-3H3,(H,23,27). The Balaban J connectivity index is 1.50. The number of anilines is 1. The average Bonchev–Trinajstić information content (AvgIpc) is 3.12. The smallest absolute Gasteiger partial charge is 0.341 e. The summed E-state index contributed by atoms with van der Waals surface area (Å²) < 4.78 is 10.3. The molecule has 0 bridgehead atoms. The van der Waals surface area contributed by atoms with Crippen molar-refractivity contribution in [2.75, 3.05) is 32.1 Å². The van der Waals surface area contributed by atoms with E-state index in [1.807, 2.05) is 18.3 Å². The number of amides is 2. The zero-order chi connectivity index (χ0) is 20.8. The Labute approximate surface area is 170 Å². The Morgan fingerprint density at radius 1 is 1.28 bits per heavy atom. The van der Waals surface area contributed by atoms with E-state index < -0.39 is 5.97 Å². The maximum atomic E-state index is 12.4. The van der Waals surface area contributed by atoms with E-state index >= 15 is 0 Å². The van der Waals surface area contributed by atoms with Crippen LogP contribution in [0.15, 0.2) is 28.8 Å². The molecule has 8 heteroatoms. The number of piperidine rings is 1. The van der Waals surface area contributed by atoms with Crippen molar-refractivity contribution in [1.82, 2.24) is 15.2 Å². The van der Waals surface area contributed by atoms with Crippen LogP contribution < -0.4 is 10.2 Å². The highest BCUT2D eigenvalue weighted by atomic mass is 16.5. The van der Waals surface area contributed by atoms with Gasteiger partial charge >= 0.3 is 12.0 Å². The topological polar surface area (TPSA) is 87.9 Å². The summed E-state index contributed by atoms with van der Waals surface area (Å²) in [4.78, 5) is 32.4. The van der Waals surface area contributed by atoms with Crippen LogP contribution in [-0.4, -0.2) is 49.1 Å². The second kappa shape index (κ2) is 9.45. The number of nitrogens with zero attached hydrogens (tertiary/aromatic N) is 3. The number of nitrogens with one attached hydrogen (secondary N) is 1. The molecule has 2 aromatic heterocycles. The molecule has 1 aliphatic rings. The van der Waals surface area contributed by atoms with Crippen LogP contribution in [0, 0.1) is 6.92 Å². The quantitative estimate of drug-likeness (QED) is 0.750. The van der Waals surface area contributed by atoms with Gasteiger partial charge < -0.3 is 24.3 Å². The van der Waals surface area contributed by atoms with Crippen molar-refractivity contribution in [1.29, 1.82) is 0 Å². The van der Waals surface area contributed by atoms with Crippen LogP contribution in [0.3, 0.4) is 0 Å². The molecule has 0 spiro atoms. The first-order chi connectivity index (χ1) is 14.0. The summed E-state index contributed by atoms with van der Waals surface area (Å²) in [5.74, 6) is 1.53. The van der Waals surface area contributed by atoms with Crippen molar-refractivity contribution < 1.29 is 18.7 Å². The lowest BCUT2D eigenvalue weighted by Gasteiger charge is -2.27. The molecule has 0 atom stereocenters. The third-order valence-corrected chi connectivity index (χ3v) is 5.05. The normalized spacial score (nSPS) is 13.8. The van der Waals surface area contributed by atoms with Crippen molar-refractivity contribution in [2.24, 2.45) is 0 Å². The number of rotatable bonds is 6. The van der Waals surface area contributed by atoms with Crippen LogP contribution in [0.2, 0.25) is 0 Å². The van der Waals surface area contributed by atoms with Gasteiger partial charge in [-0.1, -0.05) is 6.07 Å². The number of aryl methyl sites for hydroxylation is 1. The summed E-state index contributed by atoms with van der Waals surface area (Å²) in [5.41, 5.74) is 1.31. The minimum atomic E-state index is -0.454. The maximum Gasteiger partial charge on any atom is 0.341 e. The van der Waals surface area contributed by atoms with Crippen molar-refractivity contribution in [3.63, 3.8) is 0 Å². The monoisotopic (exact) mass is 400 g/mol. The minimum absolute atomic E-state index is 0.237. The molecule has 1 aliphatic heterocycles. The Morgan fingerprint density at radius 3 is 2.69 bits per heavy atom. The van der Waals surface area contributed by atoms with Crippen molar-refractivity contribution >= 4 is 17.8 Å². The molecule has 0 aliphatic carbocycles. The Morgan fingerprint density at radius 2 is 2.03 bits per heavy atom. The first-order valence-corrected chi connectivity index (χ1v) is 9.84. The number of carbonyl (C=O) groups is 2. The van der Waals surface area contributed by atoms with Crippen LogP contribution in [0.25, 0.3) is 0 Å². The van der Waals surface area contributed by atoms with E-state index in [0.717, 1.165) is 24.5 Å². The van der Waals surface area contributed by atoms with Gasteiger partial charge in [0.1, 0.15) is 22.9 Å². The number of aromatic nitrogens is 1. The fourth-order valence-electron chi connectivity index (χ4n) is 3.38. The third kappa shape index (κ3) is 5.28. The number of ether oxygens (including phenoxy) is 1. The summed E-state index contributed by atoms with van der Waals surface area (Å²) in [6.45, 7) is 4.43. The summed E-state index contributed by atoms with van der Waals surface area (Å²) >= 11 is 0. The van der Waals surface area contributed by atoms with Gasteiger partial charge in [0.15, 0.2) is 0 Å². The van der Waals surface area contributed by atoms with Crippen LogP contribution in [0.5, 0.6) is 0 Å². The molecule has 3 heterocycles. The fraction of sp³-hybridized carbons (Fsp3) is 0.476. The molecule has 2 amide bonds. The van der Waals surface area contributed by atoms with Gasteiger partial charge in [0, 0.05) is 32.9 Å². The van der Waals surface area contributed by atoms with Crippen molar-refractivity contribution in [3.8, 4) is 0 Å². The molecular weight excluding hydrogens is 372 g/mol. The highest BCUT2D eigenvalue weighted by Crippen LogP contribution is 2.18. The predicted molar refractivity (Wildman–Crippen MR) is 109 cm³/mol. The van der Waals surface area contributed by atoms with Gasteiger partial charge in [-0.15, -0.1) is 0 Å². The first-order valence-electron chi connectivity index (χ1n) is 9.84. The van der Waals surface area contributed by atoms with Gasteiger partial charge in [0.05, 0.1) is 13.7 Å². The van der Waals surface area contributed by atoms with E-state index in [4.69, 9.17) is 9.15 Å². The molecule has 8 nitrogen and oxygen atoms in total. The molecule has 0 saturated carbocycles. The SMILES string of the molecule is COC(=O)c1cc(CN(C)C(=O)NCc2ccc(N3CCCCC3)nc2)oc1C. The van der Waals surface area contributed by atoms with E-state index in [9.17, 15) is 9.59 Å². The lowest BCUT2D eigenvalue weighted by Crippen LogP contribution is -2.36. The molecule has 0 aromatic carbocycles. The van der Waals surface area contributed by atoms with Crippen LogP contribution in [0.1, 0.15) is 46.7 Å². The molecule has 29 heavy (non-hydrogen) atoms. The molecule has 156 valence electrons. The molecule has 2 aromatic rings. The number of esters is 1. The number of furan rings is 1. The van der Waals surface area contributed by atoms with Gasteiger partial charge in [0.25, 0.3) is 0 Å². The van der Waals surface area contributed by atoms with E-state index in [0.29, 0.717) is 23.6 Å². The lowest BCUT2D eigenvalue weighted by molar-refractivity contribution is 0.0598. The number of pyridine rings is 1. The first kappa shape index (κ1) is 20.7. The summed E-state index contributed by atoms with van der Waals surface area (Å²) in [6, 6.07) is 5.37. The maximum absolute atomic E-state index is 12.4. The van der Waals surface area contributed by atoms with Gasteiger partial charge in [-0.25, -0.2) is 14.6 Å². The highest BCUT2D eigenvalue weighted by Gasteiger charge is 2.18. The third-order valence-electron chi connectivity index (χ3n) is 5.05. The molecule has 1 saturated heterocycles. The molecule has 1 N–H and O–H groups in total. The highest BCUT2D eigenvalue weighted by molar-refractivity contribution is 5.90. The zero-order valence-corrected chi connectivity index (χ0v) is 17.2. The lowest BCUT2D eigenvalue weighted by atomic mass is 10.1. The van der Waals surface area contributed by atoms with Crippen LogP contribution in [-0.2, 0) is 17.8 Å². The van der Waals surface area contributed by atoms with Gasteiger partial charge in [-0.2, -0.15) is 0 Å². The Bertz CT molecular complexity index is 841. The molecule has 3 rings (SSSR count). The van der Waals surface area contributed by atoms with Gasteiger partial charge in [-0.05, 0) is 43.9 Å². The molecule has 1 fully saturated rings. The Kier molecular flexibility index (Phi) is 6.74. The van der Waals surface area contributed by atoms with Crippen molar-refractivity contribution in [3.05, 3.63) is 47.0 Å². The number of methoxy groups -OCH3 is 1. The van der Waals surface area contributed by atoms with Crippen LogP contribution >= 0.6 is 0 Å². The predicted octanol–water partition coefficient (Wildman–Crippen LogP) is 3.10. The van der Waals surface area contributed by atoms with Gasteiger partial charge in [0.2, 0.25) is 0 Å². The second-order valence-electron chi connectivity index (χ2n) is 7.26. The van der Waals surface area contributed by atoms with E-state index in [1.54, 1.807) is 20.0 Å². The zero-order valence-electron chi connectivity index (χ0n) is 17.2. The second-order valence-corrected chi connectivity index (χ2v) is 7.26. The summed E-state index contributed by atoms with van der Waals surface area (Å²) in [6.07, 6.45) is 5.52. The van der Waals surface area contributed by atoms with E-state index in [-0.39, 0.29) is 12.6 Å². The number of urea groups is 1. The van der Waals surface area contributed by atoms with E-state index in [2.05, 4.69) is 15.2 Å². The van der Waals surface area contributed by atoms with E-state index in [1.165, 1.54) is 31.3 Å². The van der Waals surface area contributed by atoms with Crippen molar-refractivity contribution in [2.45, 2.75) is 39.3 Å². The largest absolute Gasteiger partial charge is 0.465 e. The Hall–Kier alpha value is -3.03. The van der Waals surface area contributed by atoms with Gasteiger partial charge in [-0.3, -0.25) is 0 Å². The molecule has 0 unspecified atom stereocenters. The number of hydrogen-bond acceptors (Lipinski definition) is 6. The summed E-state index contributed by atoms with van der Waals surface area (Å²) in [7, 11) is 2.99. The molecule has 0 radical (unpaired) electrons. The fourth-order valence-corrected chi connectivity index (χ4v) is 3.38. The number of carbonyl (C=O) groups excluding carboxylic acids is 2. The minimum Gasteiger partial charge on any atom is -0.465 e.